The summed E-state index contributed by atoms with van der Waals surface area (Å²) in [5.41, 5.74) is 6.96. The fourth-order valence-corrected chi connectivity index (χ4v) is 2.04. The van der Waals surface area contributed by atoms with E-state index in [0.717, 1.165) is 11.4 Å². The van der Waals surface area contributed by atoms with E-state index in [1.807, 2.05) is 0 Å². The average Bonchev–Trinajstić information content (AvgIpc) is 2.96. The topological polar surface area (TPSA) is 93.6 Å². The van der Waals surface area contributed by atoms with Gasteiger partial charge >= 0.3 is 0 Å². The minimum atomic E-state index is -0.296. The molecular formula is C11H17N5OS. The summed E-state index contributed by atoms with van der Waals surface area (Å²) in [5.74, 6) is 1.92. The van der Waals surface area contributed by atoms with Crippen LogP contribution >= 0.6 is 11.8 Å². The van der Waals surface area contributed by atoms with E-state index >= 15 is 0 Å². The van der Waals surface area contributed by atoms with Gasteiger partial charge in [0.05, 0.1) is 18.1 Å². The Kier molecular flexibility index (Phi) is 4.38. The summed E-state index contributed by atoms with van der Waals surface area (Å²) >= 11 is 1.77. The van der Waals surface area contributed by atoms with Crippen LogP contribution in [-0.4, -0.2) is 25.4 Å². The second-order valence-corrected chi connectivity index (χ2v) is 5.86. The first-order valence-electron chi connectivity index (χ1n) is 5.82. The van der Waals surface area contributed by atoms with Crippen molar-refractivity contribution >= 4 is 11.8 Å². The van der Waals surface area contributed by atoms with Crippen molar-refractivity contribution in [2.24, 2.45) is 5.73 Å². The molecule has 2 rings (SSSR count). The molecule has 0 aliphatic rings. The zero-order valence-corrected chi connectivity index (χ0v) is 11.3. The zero-order valence-electron chi connectivity index (χ0n) is 10.5. The van der Waals surface area contributed by atoms with E-state index in [0.29, 0.717) is 23.4 Å². The van der Waals surface area contributed by atoms with Crippen molar-refractivity contribution in [2.75, 3.05) is 0 Å². The minimum Gasteiger partial charge on any atom is -0.348 e. The first-order chi connectivity index (χ1) is 8.65. The Morgan fingerprint density at radius 2 is 2.33 bits per heavy atom. The predicted molar refractivity (Wildman–Crippen MR) is 69.9 cm³/mol. The lowest BCUT2D eigenvalue weighted by molar-refractivity contribution is 0.350. The van der Waals surface area contributed by atoms with Gasteiger partial charge in [0.15, 0.2) is 5.82 Å². The summed E-state index contributed by atoms with van der Waals surface area (Å²) in [6.45, 7) is 4.27. The molecule has 2 heterocycles. The van der Waals surface area contributed by atoms with Crippen LogP contribution in [0.4, 0.5) is 0 Å². The van der Waals surface area contributed by atoms with Crippen LogP contribution in [0.25, 0.3) is 0 Å². The van der Waals surface area contributed by atoms with E-state index in [9.17, 15) is 0 Å². The first kappa shape index (κ1) is 13.1. The largest absolute Gasteiger partial charge is 0.348 e. The lowest BCUT2D eigenvalue weighted by atomic mass is 10.2. The number of hydrogen-bond donors (Lipinski definition) is 2. The van der Waals surface area contributed by atoms with Gasteiger partial charge in [0.1, 0.15) is 0 Å². The van der Waals surface area contributed by atoms with Crippen LogP contribution in [0.2, 0.25) is 0 Å². The maximum atomic E-state index is 6.00. The molecule has 2 aromatic heterocycles. The van der Waals surface area contributed by atoms with Gasteiger partial charge in [-0.1, -0.05) is 19.0 Å². The zero-order chi connectivity index (χ0) is 13.0. The lowest BCUT2D eigenvalue weighted by Crippen LogP contribution is -2.14. The summed E-state index contributed by atoms with van der Waals surface area (Å²) in [6.07, 6.45) is 3.98. The molecule has 7 heteroatoms. The number of H-pyrrole nitrogens is 1. The normalized spacial score (nSPS) is 13.1. The molecule has 0 aliphatic carbocycles. The smallest absolute Gasteiger partial charge is 0.243 e. The Balaban J connectivity index is 1.92. The quantitative estimate of drug-likeness (QED) is 0.827. The first-order valence-corrected chi connectivity index (χ1v) is 6.87. The Morgan fingerprint density at radius 3 is 3.00 bits per heavy atom. The number of hydrogen-bond acceptors (Lipinski definition) is 6. The Labute approximate surface area is 110 Å². The molecule has 0 saturated heterocycles. The van der Waals surface area contributed by atoms with Gasteiger partial charge in [-0.25, -0.2) is 4.98 Å². The van der Waals surface area contributed by atoms with Gasteiger partial charge in [-0.15, -0.1) is 0 Å². The number of aromatic nitrogens is 4. The molecule has 3 N–H and O–H groups in total. The molecule has 1 atom stereocenters. The summed E-state index contributed by atoms with van der Waals surface area (Å²) in [5, 5.41) is 4.47. The van der Waals surface area contributed by atoms with Gasteiger partial charge in [-0.2, -0.15) is 16.7 Å². The maximum Gasteiger partial charge on any atom is 0.243 e. The van der Waals surface area contributed by atoms with Crippen molar-refractivity contribution in [1.29, 1.82) is 0 Å². The fraction of sp³-hybridized carbons (Fsp3) is 0.545. The van der Waals surface area contributed by atoms with Crippen LogP contribution in [0.1, 0.15) is 37.3 Å². The Morgan fingerprint density at radius 1 is 1.50 bits per heavy atom. The molecule has 0 aliphatic heterocycles. The van der Waals surface area contributed by atoms with Crippen LogP contribution in [-0.2, 0) is 12.2 Å². The third kappa shape index (κ3) is 3.58. The summed E-state index contributed by atoms with van der Waals surface area (Å²) in [4.78, 5) is 11.2. The SMILES string of the molecule is CC(C)SCc1noc(C(N)Cc2cnc[nH]2)n1. The van der Waals surface area contributed by atoms with Crippen molar-refractivity contribution in [3.8, 4) is 0 Å². The fourth-order valence-electron chi connectivity index (χ4n) is 1.44. The number of imidazole rings is 1. The van der Waals surface area contributed by atoms with E-state index in [4.69, 9.17) is 10.3 Å². The molecule has 2 aromatic rings. The number of nitrogens with two attached hydrogens (primary N) is 1. The van der Waals surface area contributed by atoms with E-state index in [2.05, 4.69) is 34.0 Å². The van der Waals surface area contributed by atoms with E-state index in [1.54, 1.807) is 24.3 Å². The number of thioether (sulfide) groups is 1. The monoisotopic (exact) mass is 267 g/mol. The van der Waals surface area contributed by atoms with Gasteiger partial charge in [-0.3, -0.25) is 0 Å². The summed E-state index contributed by atoms with van der Waals surface area (Å²) in [7, 11) is 0. The minimum absolute atomic E-state index is 0.296. The van der Waals surface area contributed by atoms with Crippen LogP contribution in [0, 0.1) is 0 Å². The highest BCUT2D eigenvalue weighted by atomic mass is 32.2. The molecule has 0 saturated carbocycles. The van der Waals surface area contributed by atoms with Crippen molar-refractivity contribution in [1.82, 2.24) is 20.1 Å². The van der Waals surface area contributed by atoms with Gasteiger partial charge in [-0.05, 0) is 5.25 Å². The molecule has 1 unspecified atom stereocenters. The maximum absolute atomic E-state index is 6.00. The van der Waals surface area contributed by atoms with Gasteiger partial charge in [0, 0.05) is 18.3 Å². The highest BCUT2D eigenvalue weighted by Gasteiger charge is 2.16. The van der Waals surface area contributed by atoms with Crippen LogP contribution < -0.4 is 5.73 Å². The third-order valence-electron chi connectivity index (χ3n) is 2.34. The molecule has 0 radical (unpaired) electrons. The van der Waals surface area contributed by atoms with Crippen molar-refractivity contribution in [3.05, 3.63) is 29.9 Å². The van der Waals surface area contributed by atoms with Crippen LogP contribution in [0.15, 0.2) is 17.0 Å². The van der Waals surface area contributed by atoms with E-state index < -0.39 is 0 Å². The van der Waals surface area contributed by atoms with Gasteiger partial charge in [0.2, 0.25) is 5.89 Å². The summed E-state index contributed by atoms with van der Waals surface area (Å²) < 4.78 is 5.17. The molecule has 0 aromatic carbocycles. The molecule has 98 valence electrons. The molecular weight excluding hydrogens is 250 g/mol. The number of rotatable bonds is 6. The molecule has 18 heavy (non-hydrogen) atoms. The second kappa shape index (κ2) is 6.01. The van der Waals surface area contributed by atoms with Crippen molar-refractivity contribution in [3.63, 3.8) is 0 Å². The average molecular weight is 267 g/mol. The van der Waals surface area contributed by atoms with Crippen molar-refractivity contribution < 1.29 is 4.52 Å². The van der Waals surface area contributed by atoms with Gasteiger partial charge in [0.25, 0.3) is 0 Å². The Bertz CT molecular complexity index is 467. The molecule has 6 nitrogen and oxygen atoms in total. The highest BCUT2D eigenvalue weighted by Crippen LogP contribution is 2.17. The van der Waals surface area contributed by atoms with Crippen LogP contribution in [0.5, 0.6) is 0 Å². The lowest BCUT2D eigenvalue weighted by Gasteiger charge is -2.03. The number of nitrogens with one attached hydrogen (secondary N) is 1. The number of aromatic amines is 1. The molecule has 0 bridgehead atoms. The number of nitrogens with zero attached hydrogens (tertiary/aromatic N) is 3. The predicted octanol–water partition coefficient (Wildman–Crippen LogP) is 1.68. The third-order valence-corrected chi connectivity index (χ3v) is 3.43. The standard InChI is InChI=1S/C11H17N5OS/c1-7(2)18-5-10-15-11(17-16-10)9(12)3-8-4-13-6-14-8/h4,6-7,9H,3,5,12H2,1-2H3,(H,13,14). The van der Waals surface area contributed by atoms with E-state index in [-0.39, 0.29) is 6.04 Å². The molecule has 0 spiro atoms. The van der Waals surface area contributed by atoms with Crippen molar-refractivity contribution in [2.45, 2.75) is 37.3 Å². The highest BCUT2D eigenvalue weighted by molar-refractivity contribution is 7.99. The van der Waals surface area contributed by atoms with Crippen LogP contribution in [0.3, 0.4) is 0 Å². The van der Waals surface area contributed by atoms with E-state index in [1.165, 1.54) is 0 Å². The van der Waals surface area contributed by atoms with Gasteiger partial charge < -0.3 is 15.2 Å². The molecule has 0 fully saturated rings. The second-order valence-electron chi connectivity index (χ2n) is 4.30. The Hall–Kier alpha value is -1.34. The molecule has 0 amide bonds. The summed E-state index contributed by atoms with van der Waals surface area (Å²) in [6, 6.07) is -0.296.